The van der Waals surface area contributed by atoms with Crippen molar-refractivity contribution >= 4 is 11.6 Å². The lowest BCUT2D eigenvalue weighted by molar-refractivity contribution is 0.102. The molecule has 134 valence electrons. The molecule has 4 rings (SSSR count). The van der Waals surface area contributed by atoms with Gasteiger partial charge in [0.2, 0.25) is 0 Å². The van der Waals surface area contributed by atoms with E-state index in [1.165, 1.54) is 0 Å². The van der Waals surface area contributed by atoms with E-state index in [9.17, 15) is 4.79 Å². The third-order valence-corrected chi connectivity index (χ3v) is 3.96. The van der Waals surface area contributed by atoms with Crippen LogP contribution in [0.2, 0.25) is 0 Å². The van der Waals surface area contributed by atoms with Crippen LogP contribution in [0, 0.1) is 0 Å². The van der Waals surface area contributed by atoms with Crippen molar-refractivity contribution in [3.63, 3.8) is 0 Å². The summed E-state index contributed by atoms with van der Waals surface area (Å²) in [5.74, 6) is 0.280. The van der Waals surface area contributed by atoms with Crippen molar-refractivity contribution in [2.75, 3.05) is 5.32 Å². The first-order valence-corrected chi connectivity index (χ1v) is 8.27. The molecule has 4 aromatic rings. The fourth-order valence-electron chi connectivity index (χ4n) is 2.66. The van der Waals surface area contributed by atoms with Crippen LogP contribution < -0.4 is 5.32 Å². The number of anilines is 1. The molecule has 9 heteroatoms. The molecule has 2 heterocycles. The first-order chi connectivity index (χ1) is 13.2. The summed E-state index contributed by atoms with van der Waals surface area (Å²) in [7, 11) is 1.76. The maximum absolute atomic E-state index is 12.5. The van der Waals surface area contributed by atoms with E-state index >= 15 is 0 Å². The molecule has 0 radical (unpaired) electrons. The Kier molecular flexibility index (Phi) is 4.40. The van der Waals surface area contributed by atoms with Crippen LogP contribution in [0.25, 0.3) is 11.4 Å². The number of tetrazole rings is 1. The van der Waals surface area contributed by atoms with Crippen LogP contribution in [0.3, 0.4) is 0 Å². The molecule has 0 fully saturated rings. The van der Waals surface area contributed by atoms with Crippen molar-refractivity contribution in [2.24, 2.45) is 7.05 Å². The number of amides is 1. The van der Waals surface area contributed by atoms with Gasteiger partial charge in [0, 0.05) is 18.3 Å². The lowest BCUT2D eigenvalue weighted by Gasteiger charge is -2.05. The van der Waals surface area contributed by atoms with Crippen LogP contribution in [0.4, 0.5) is 5.69 Å². The van der Waals surface area contributed by atoms with E-state index in [0.717, 1.165) is 11.1 Å². The molecule has 0 aliphatic rings. The second kappa shape index (κ2) is 7.16. The van der Waals surface area contributed by atoms with Crippen molar-refractivity contribution in [2.45, 2.75) is 6.54 Å². The van der Waals surface area contributed by atoms with Gasteiger partial charge in [-0.15, -0.1) is 10.2 Å². The minimum Gasteiger partial charge on any atom is -0.321 e. The highest BCUT2D eigenvalue weighted by molar-refractivity contribution is 6.02. The summed E-state index contributed by atoms with van der Waals surface area (Å²) in [6, 6.07) is 17.2. The topological polar surface area (TPSA) is 103 Å². The minimum absolute atomic E-state index is 0.247. The Bertz CT molecular complexity index is 1070. The normalized spacial score (nSPS) is 10.7. The van der Waals surface area contributed by atoms with Gasteiger partial charge < -0.3 is 5.32 Å². The van der Waals surface area contributed by atoms with Crippen molar-refractivity contribution in [3.05, 3.63) is 72.1 Å². The standard InChI is InChI=1S/C18H16N8O/c1-25-17(21-22-24-25)14-8-5-9-15(10-14)19-18(27)16-12-26(23-20-16)11-13-6-3-2-4-7-13/h2-10,12H,11H2,1H3,(H,19,27). The maximum Gasteiger partial charge on any atom is 0.277 e. The third-order valence-electron chi connectivity index (χ3n) is 3.96. The number of carbonyl (C=O) groups excluding carboxylic acids is 1. The van der Waals surface area contributed by atoms with Gasteiger partial charge >= 0.3 is 0 Å². The summed E-state index contributed by atoms with van der Waals surface area (Å²) in [4.78, 5) is 12.5. The highest BCUT2D eigenvalue weighted by Gasteiger charge is 2.13. The number of hydrogen-bond acceptors (Lipinski definition) is 6. The van der Waals surface area contributed by atoms with E-state index in [1.807, 2.05) is 42.5 Å². The summed E-state index contributed by atoms with van der Waals surface area (Å²) >= 11 is 0. The van der Waals surface area contributed by atoms with Crippen molar-refractivity contribution < 1.29 is 4.79 Å². The number of hydrogen-bond donors (Lipinski definition) is 1. The van der Waals surface area contributed by atoms with Gasteiger partial charge in [0.1, 0.15) is 0 Å². The second-order valence-corrected chi connectivity index (χ2v) is 5.95. The molecule has 0 aliphatic heterocycles. The van der Waals surface area contributed by atoms with Crippen molar-refractivity contribution in [1.29, 1.82) is 0 Å². The number of rotatable bonds is 5. The Labute approximate surface area is 154 Å². The lowest BCUT2D eigenvalue weighted by atomic mass is 10.2. The number of carbonyl (C=O) groups is 1. The molecule has 0 aliphatic carbocycles. The second-order valence-electron chi connectivity index (χ2n) is 5.95. The van der Waals surface area contributed by atoms with Gasteiger partial charge in [-0.2, -0.15) is 0 Å². The Morgan fingerprint density at radius 1 is 1.04 bits per heavy atom. The van der Waals surface area contributed by atoms with Crippen LogP contribution in [-0.4, -0.2) is 41.1 Å². The first-order valence-electron chi connectivity index (χ1n) is 8.27. The monoisotopic (exact) mass is 360 g/mol. The van der Waals surface area contributed by atoms with Crippen LogP contribution in [0.1, 0.15) is 16.1 Å². The quantitative estimate of drug-likeness (QED) is 0.582. The summed E-state index contributed by atoms with van der Waals surface area (Å²) in [5, 5.41) is 22.2. The minimum atomic E-state index is -0.331. The molecule has 0 saturated carbocycles. The lowest BCUT2D eigenvalue weighted by Crippen LogP contribution is -2.12. The van der Waals surface area contributed by atoms with Crippen molar-refractivity contribution in [3.8, 4) is 11.4 Å². The Morgan fingerprint density at radius 3 is 2.67 bits per heavy atom. The van der Waals surface area contributed by atoms with E-state index < -0.39 is 0 Å². The fraction of sp³-hybridized carbons (Fsp3) is 0.111. The molecular formula is C18H16N8O. The van der Waals surface area contributed by atoms with Crippen LogP contribution in [0.15, 0.2) is 60.8 Å². The van der Waals surface area contributed by atoms with Crippen LogP contribution in [0.5, 0.6) is 0 Å². The largest absolute Gasteiger partial charge is 0.321 e. The summed E-state index contributed by atoms with van der Waals surface area (Å²) in [6.07, 6.45) is 1.62. The number of nitrogens with zero attached hydrogens (tertiary/aromatic N) is 7. The maximum atomic E-state index is 12.5. The molecule has 9 nitrogen and oxygen atoms in total. The van der Waals surface area contributed by atoms with E-state index in [1.54, 1.807) is 34.7 Å². The van der Waals surface area contributed by atoms with E-state index in [-0.39, 0.29) is 11.6 Å². The molecule has 0 bridgehead atoms. The number of nitrogens with one attached hydrogen (secondary N) is 1. The zero-order valence-electron chi connectivity index (χ0n) is 14.5. The third kappa shape index (κ3) is 3.71. The van der Waals surface area contributed by atoms with Gasteiger partial charge in [0.25, 0.3) is 5.91 Å². The summed E-state index contributed by atoms with van der Waals surface area (Å²) < 4.78 is 3.20. The average molecular weight is 360 g/mol. The van der Waals surface area contributed by atoms with Gasteiger partial charge in [0.15, 0.2) is 11.5 Å². The van der Waals surface area contributed by atoms with Gasteiger partial charge in [0.05, 0.1) is 12.7 Å². The average Bonchev–Trinajstić information content (AvgIpc) is 3.32. The number of benzene rings is 2. The number of aryl methyl sites for hydroxylation is 1. The van der Waals surface area contributed by atoms with Crippen LogP contribution in [-0.2, 0) is 13.6 Å². The van der Waals surface area contributed by atoms with Gasteiger partial charge in [-0.05, 0) is 28.1 Å². The predicted molar refractivity (Wildman–Crippen MR) is 97.8 cm³/mol. The molecule has 0 spiro atoms. The molecule has 2 aromatic carbocycles. The highest BCUT2D eigenvalue weighted by Crippen LogP contribution is 2.19. The zero-order valence-corrected chi connectivity index (χ0v) is 14.5. The van der Waals surface area contributed by atoms with Gasteiger partial charge in [-0.25, -0.2) is 9.36 Å². The van der Waals surface area contributed by atoms with E-state index in [0.29, 0.717) is 18.1 Å². The summed E-state index contributed by atoms with van der Waals surface area (Å²) in [6.45, 7) is 0.551. The van der Waals surface area contributed by atoms with E-state index in [2.05, 4.69) is 31.2 Å². The molecule has 2 aromatic heterocycles. The predicted octanol–water partition coefficient (Wildman–Crippen LogP) is 1.77. The van der Waals surface area contributed by atoms with Crippen LogP contribution >= 0.6 is 0 Å². The summed E-state index contributed by atoms with van der Waals surface area (Å²) in [5.41, 5.74) is 2.75. The Balaban J connectivity index is 1.48. The SMILES string of the molecule is Cn1nnnc1-c1cccc(NC(=O)c2cn(Cc3ccccc3)nn2)c1. The molecule has 1 amide bonds. The number of aromatic nitrogens is 7. The molecule has 27 heavy (non-hydrogen) atoms. The van der Waals surface area contributed by atoms with Crippen molar-refractivity contribution in [1.82, 2.24) is 35.2 Å². The zero-order chi connectivity index (χ0) is 18.6. The smallest absolute Gasteiger partial charge is 0.277 e. The molecular weight excluding hydrogens is 344 g/mol. The van der Waals surface area contributed by atoms with E-state index in [4.69, 9.17) is 0 Å². The molecule has 0 saturated heterocycles. The first kappa shape index (κ1) is 16.6. The fourth-order valence-corrected chi connectivity index (χ4v) is 2.66. The van der Waals surface area contributed by atoms with Gasteiger partial charge in [-0.1, -0.05) is 47.7 Å². The molecule has 1 N–H and O–H groups in total. The molecule has 0 unspecified atom stereocenters. The highest BCUT2D eigenvalue weighted by atomic mass is 16.2. The molecule has 0 atom stereocenters. The Morgan fingerprint density at radius 2 is 1.89 bits per heavy atom. The Hall–Kier alpha value is -3.88. The van der Waals surface area contributed by atoms with Gasteiger partial charge in [-0.3, -0.25) is 4.79 Å².